The van der Waals surface area contributed by atoms with Crippen LogP contribution in [0, 0.1) is 11.3 Å². The molecule has 0 heterocycles. The van der Waals surface area contributed by atoms with Crippen molar-refractivity contribution in [3.63, 3.8) is 0 Å². The van der Waals surface area contributed by atoms with Gasteiger partial charge in [-0.05, 0) is 17.9 Å². The quantitative estimate of drug-likeness (QED) is 0.860. The van der Waals surface area contributed by atoms with Crippen LogP contribution in [-0.4, -0.2) is 24.0 Å². The highest BCUT2D eigenvalue weighted by Crippen LogP contribution is 2.23. The highest BCUT2D eigenvalue weighted by molar-refractivity contribution is 6.01. The molecule has 2 amide bonds. The van der Waals surface area contributed by atoms with Crippen LogP contribution >= 0.6 is 0 Å². The molecule has 0 aliphatic rings. The molecule has 1 N–H and O–H groups in total. The number of hydrogen-bond acceptors (Lipinski definition) is 2. The van der Waals surface area contributed by atoms with E-state index < -0.39 is 0 Å². The molecule has 0 unspecified atom stereocenters. The molecule has 2 rings (SSSR count). The standard InChI is InChI=1S/C16H17N3O/c1-2-11-19(12-10-17)16(20)18-15-9-5-7-13-6-3-4-8-14(13)15/h3-9H,2,11-12H2,1H3,(H,18,20). The average Bonchev–Trinajstić information content (AvgIpc) is 2.47. The van der Waals surface area contributed by atoms with Crippen LogP contribution < -0.4 is 5.32 Å². The molecule has 4 heteroatoms. The molecule has 0 radical (unpaired) electrons. The van der Waals surface area contributed by atoms with Gasteiger partial charge < -0.3 is 10.2 Å². The van der Waals surface area contributed by atoms with Crippen LogP contribution in [0.15, 0.2) is 42.5 Å². The first-order valence-corrected chi connectivity index (χ1v) is 6.67. The fraction of sp³-hybridized carbons (Fsp3) is 0.250. The van der Waals surface area contributed by atoms with Crippen molar-refractivity contribution in [3.8, 4) is 6.07 Å². The van der Waals surface area contributed by atoms with E-state index in [0.29, 0.717) is 6.54 Å². The number of rotatable bonds is 4. The van der Waals surface area contributed by atoms with Gasteiger partial charge in [-0.3, -0.25) is 0 Å². The summed E-state index contributed by atoms with van der Waals surface area (Å²) in [5.41, 5.74) is 0.771. The van der Waals surface area contributed by atoms with Gasteiger partial charge in [0.2, 0.25) is 0 Å². The highest BCUT2D eigenvalue weighted by Gasteiger charge is 2.13. The molecule has 102 valence electrons. The Morgan fingerprint density at radius 2 is 2.00 bits per heavy atom. The Hall–Kier alpha value is -2.54. The molecule has 0 aliphatic heterocycles. The zero-order valence-corrected chi connectivity index (χ0v) is 11.5. The Kier molecular flexibility index (Phi) is 4.56. The number of anilines is 1. The summed E-state index contributed by atoms with van der Waals surface area (Å²) in [5.74, 6) is 0. The van der Waals surface area contributed by atoms with Crippen molar-refractivity contribution in [2.24, 2.45) is 0 Å². The Morgan fingerprint density at radius 1 is 1.25 bits per heavy atom. The monoisotopic (exact) mass is 267 g/mol. The summed E-state index contributed by atoms with van der Waals surface area (Å²) in [5, 5.41) is 13.7. The van der Waals surface area contributed by atoms with Gasteiger partial charge in [-0.2, -0.15) is 5.26 Å². The van der Waals surface area contributed by atoms with Crippen LogP contribution in [0.4, 0.5) is 10.5 Å². The van der Waals surface area contributed by atoms with Crippen LogP contribution in [0.1, 0.15) is 13.3 Å². The van der Waals surface area contributed by atoms with Crippen molar-refractivity contribution in [1.29, 1.82) is 5.26 Å². The number of carbonyl (C=O) groups excluding carboxylic acids is 1. The second-order valence-electron chi connectivity index (χ2n) is 4.54. The van der Waals surface area contributed by atoms with Gasteiger partial charge in [0.1, 0.15) is 6.54 Å². The maximum absolute atomic E-state index is 12.2. The second-order valence-corrected chi connectivity index (χ2v) is 4.54. The largest absolute Gasteiger partial charge is 0.322 e. The van der Waals surface area contributed by atoms with E-state index >= 15 is 0 Å². The zero-order valence-electron chi connectivity index (χ0n) is 11.5. The van der Waals surface area contributed by atoms with Crippen molar-refractivity contribution in [1.82, 2.24) is 4.90 Å². The maximum atomic E-state index is 12.2. The molecule has 0 fully saturated rings. The number of carbonyl (C=O) groups is 1. The van der Waals surface area contributed by atoms with Crippen LogP contribution in [-0.2, 0) is 0 Å². The Morgan fingerprint density at radius 3 is 2.75 bits per heavy atom. The van der Waals surface area contributed by atoms with E-state index in [2.05, 4.69) is 5.32 Å². The molecule has 0 bridgehead atoms. The number of fused-ring (bicyclic) bond motifs is 1. The Balaban J connectivity index is 2.23. The van der Waals surface area contributed by atoms with E-state index in [1.54, 1.807) is 0 Å². The third-order valence-corrected chi connectivity index (χ3v) is 3.07. The first kappa shape index (κ1) is 13.9. The van der Waals surface area contributed by atoms with Crippen LogP contribution in [0.25, 0.3) is 10.8 Å². The lowest BCUT2D eigenvalue weighted by Crippen LogP contribution is -2.35. The third-order valence-electron chi connectivity index (χ3n) is 3.07. The summed E-state index contributed by atoms with van der Waals surface area (Å²) >= 11 is 0. The van der Waals surface area contributed by atoms with Gasteiger partial charge in [0.25, 0.3) is 0 Å². The van der Waals surface area contributed by atoms with Crippen LogP contribution in [0.5, 0.6) is 0 Å². The molecule has 2 aromatic rings. The van der Waals surface area contributed by atoms with Gasteiger partial charge in [-0.25, -0.2) is 4.79 Å². The lowest BCUT2D eigenvalue weighted by atomic mass is 10.1. The predicted octanol–water partition coefficient (Wildman–Crippen LogP) is 3.61. The van der Waals surface area contributed by atoms with Crippen molar-refractivity contribution in [2.45, 2.75) is 13.3 Å². The summed E-state index contributed by atoms with van der Waals surface area (Å²) < 4.78 is 0. The van der Waals surface area contributed by atoms with Gasteiger partial charge in [0.15, 0.2) is 0 Å². The van der Waals surface area contributed by atoms with Crippen molar-refractivity contribution in [3.05, 3.63) is 42.5 Å². The van der Waals surface area contributed by atoms with E-state index in [4.69, 9.17) is 5.26 Å². The molecule has 20 heavy (non-hydrogen) atoms. The minimum Gasteiger partial charge on any atom is -0.311 e. The summed E-state index contributed by atoms with van der Waals surface area (Å²) in [4.78, 5) is 13.7. The first-order valence-electron chi connectivity index (χ1n) is 6.67. The van der Waals surface area contributed by atoms with Crippen molar-refractivity contribution < 1.29 is 4.79 Å². The van der Waals surface area contributed by atoms with E-state index in [1.165, 1.54) is 4.90 Å². The minimum atomic E-state index is -0.232. The molecule has 0 saturated heterocycles. The highest BCUT2D eigenvalue weighted by atomic mass is 16.2. The SMILES string of the molecule is CCCN(CC#N)C(=O)Nc1cccc2ccccc12. The van der Waals surface area contributed by atoms with E-state index in [9.17, 15) is 4.79 Å². The molecular weight excluding hydrogens is 250 g/mol. The molecule has 0 saturated carbocycles. The molecule has 0 aromatic heterocycles. The Bertz CT molecular complexity index is 640. The molecular formula is C16H17N3O. The summed E-state index contributed by atoms with van der Waals surface area (Å²) in [7, 11) is 0. The fourth-order valence-corrected chi connectivity index (χ4v) is 2.14. The number of nitrogens with one attached hydrogen (secondary N) is 1. The normalized spacial score (nSPS) is 10.0. The van der Waals surface area contributed by atoms with Crippen LogP contribution in [0.2, 0.25) is 0 Å². The van der Waals surface area contributed by atoms with Gasteiger partial charge >= 0.3 is 6.03 Å². The molecule has 4 nitrogen and oxygen atoms in total. The number of nitrogens with zero attached hydrogens (tertiary/aromatic N) is 2. The van der Waals surface area contributed by atoms with Crippen LogP contribution in [0.3, 0.4) is 0 Å². The minimum absolute atomic E-state index is 0.102. The van der Waals surface area contributed by atoms with Crippen molar-refractivity contribution >= 4 is 22.5 Å². The molecule has 0 atom stereocenters. The number of hydrogen-bond donors (Lipinski definition) is 1. The number of benzene rings is 2. The second kappa shape index (κ2) is 6.58. The van der Waals surface area contributed by atoms with Gasteiger partial charge in [-0.1, -0.05) is 43.3 Å². The Labute approximate surface area is 118 Å². The lowest BCUT2D eigenvalue weighted by molar-refractivity contribution is 0.218. The number of amides is 2. The zero-order chi connectivity index (χ0) is 14.4. The van der Waals surface area contributed by atoms with Gasteiger partial charge in [0, 0.05) is 11.9 Å². The topological polar surface area (TPSA) is 56.1 Å². The third kappa shape index (κ3) is 3.07. The molecule has 0 aliphatic carbocycles. The number of nitriles is 1. The smallest absolute Gasteiger partial charge is 0.311 e. The summed E-state index contributed by atoms with van der Waals surface area (Å²) in [6, 6.07) is 15.5. The molecule has 0 spiro atoms. The summed E-state index contributed by atoms with van der Waals surface area (Å²) in [6.07, 6.45) is 0.824. The van der Waals surface area contributed by atoms with E-state index in [-0.39, 0.29) is 12.6 Å². The first-order chi connectivity index (χ1) is 9.76. The molecule has 2 aromatic carbocycles. The predicted molar refractivity (Wildman–Crippen MR) is 80.4 cm³/mol. The van der Waals surface area contributed by atoms with Gasteiger partial charge in [-0.15, -0.1) is 0 Å². The maximum Gasteiger partial charge on any atom is 0.322 e. The summed E-state index contributed by atoms with van der Waals surface area (Å²) in [6.45, 7) is 2.66. The van der Waals surface area contributed by atoms with Gasteiger partial charge in [0.05, 0.1) is 11.8 Å². The van der Waals surface area contributed by atoms with E-state index in [0.717, 1.165) is 22.9 Å². The van der Waals surface area contributed by atoms with E-state index in [1.807, 2.05) is 55.5 Å². The lowest BCUT2D eigenvalue weighted by Gasteiger charge is -2.20. The van der Waals surface area contributed by atoms with Crippen molar-refractivity contribution in [2.75, 3.05) is 18.4 Å². The number of urea groups is 1. The average molecular weight is 267 g/mol. The fourth-order valence-electron chi connectivity index (χ4n) is 2.14.